The second kappa shape index (κ2) is 5.33. The van der Waals surface area contributed by atoms with Crippen LogP contribution in [0.15, 0.2) is 42.5 Å². The quantitative estimate of drug-likeness (QED) is 0.676. The monoisotopic (exact) mass is 310 g/mol. The van der Waals surface area contributed by atoms with Gasteiger partial charge in [-0.1, -0.05) is 42.5 Å². The van der Waals surface area contributed by atoms with E-state index in [1.807, 2.05) is 42.5 Å². The maximum absolute atomic E-state index is 12.5. The van der Waals surface area contributed by atoms with E-state index in [0.717, 1.165) is 17.0 Å². The third kappa shape index (κ3) is 2.27. The number of nitrogens with zero attached hydrogens (tertiary/aromatic N) is 1. The summed E-state index contributed by atoms with van der Waals surface area (Å²) in [6.07, 6.45) is 5.81. The molecule has 0 spiro atoms. The van der Waals surface area contributed by atoms with Gasteiger partial charge in [-0.2, -0.15) is 5.01 Å². The molecule has 1 aromatic rings. The molecule has 1 aromatic carbocycles. The molecule has 5 nitrogen and oxygen atoms in total. The van der Waals surface area contributed by atoms with Gasteiger partial charge in [-0.3, -0.25) is 19.8 Å². The molecule has 0 radical (unpaired) electrons. The molecule has 5 heteroatoms. The number of nitrogens with one attached hydrogen (secondary N) is 1. The van der Waals surface area contributed by atoms with E-state index in [9.17, 15) is 14.4 Å². The molecule has 0 unspecified atom stereocenters. The van der Waals surface area contributed by atoms with Crippen molar-refractivity contribution in [3.05, 3.63) is 48.0 Å². The van der Waals surface area contributed by atoms with Gasteiger partial charge < -0.3 is 0 Å². The van der Waals surface area contributed by atoms with Crippen LogP contribution in [-0.2, 0) is 20.8 Å². The Morgan fingerprint density at radius 3 is 2.26 bits per heavy atom. The Bertz CT molecular complexity index is 667. The van der Waals surface area contributed by atoms with Crippen LogP contribution in [0.4, 0.5) is 0 Å². The first-order chi connectivity index (χ1) is 11.1. The number of hydrazine groups is 1. The second-order valence-corrected chi connectivity index (χ2v) is 6.53. The number of fused-ring (bicyclic) bond motifs is 5. The molecular weight excluding hydrogens is 292 g/mol. The molecule has 4 atom stereocenters. The van der Waals surface area contributed by atoms with Crippen LogP contribution >= 0.6 is 0 Å². The predicted octanol–water partition coefficient (Wildman–Crippen LogP) is 1.46. The Morgan fingerprint density at radius 1 is 1.04 bits per heavy atom. The molecule has 1 N–H and O–H groups in total. The van der Waals surface area contributed by atoms with Crippen molar-refractivity contribution in [3.8, 4) is 0 Å². The highest BCUT2D eigenvalue weighted by Gasteiger charge is 2.59. The molecule has 1 heterocycles. The number of aryl methyl sites for hydroxylation is 1. The van der Waals surface area contributed by atoms with Gasteiger partial charge in [-0.15, -0.1) is 0 Å². The smallest absolute Gasteiger partial charge is 0.252 e. The summed E-state index contributed by atoms with van der Waals surface area (Å²) in [6, 6.07) is 9.67. The van der Waals surface area contributed by atoms with Gasteiger partial charge in [-0.05, 0) is 30.2 Å². The summed E-state index contributed by atoms with van der Waals surface area (Å²) in [5.74, 6) is -1.01. The van der Waals surface area contributed by atoms with E-state index in [1.54, 1.807) is 0 Å². The number of rotatable bonds is 4. The Kier molecular flexibility index (Phi) is 3.29. The minimum Gasteiger partial charge on any atom is -0.273 e. The van der Waals surface area contributed by atoms with Crippen molar-refractivity contribution in [2.24, 2.45) is 23.7 Å². The minimum atomic E-state index is -0.296. The Balaban J connectivity index is 1.39. The van der Waals surface area contributed by atoms with E-state index < -0.39 is 0 Å². The van der Waals surface area contributed by atoms with Crippen molar-refractivity contribution >= 4 is 17.7 Å². The maximum Gasteiger partial charge on any atom is 0.252 e. The lowest BCUT2D eigenvalue weighted by Crippen LogP contribution is -2.47. The number of benzene rings is 1. The Morgan fingerprint density at radius 2 is 1.65 bits per heavy atom. The van der Waals surface area contributed by atoms with Gasteiger partial charge in [0, 0.05) is 6.42 Å². The molecule has 23 heavy (non-hydrogen) atoms. The fourth-order valence-electron chi connectivity index (χ4n) is 4.10. The number of allylic oxidation sites excluding steroid dienone is 2. The first kappa shape index (κ1) is 14.2. The molecule has 2 bridgehead atoms. The standard InChI is InChI=1S/C18H18N2O3/c21-14(9-6-11-4-2-1-3-5-11)19-20-17(22)15-12-7-8-13(10-12)16(15)18(20)23/h1-5,7-8,12-13,15-16H,6,9-10H2,(H,19,21)/t12-,13-,15-,16+/m1/s1. The van der Waals surface area contributed by atoms with Crippen molar-refractivity contribution < 1.29 is 14.4 Å². The maximum atomic E-state index is 12.5. The van der Waals surface area contributed by atoms with Gasteiger partial charge in [0.05, 0.1) is 11.8 Å². The highest BCUT2D eigenvalue weighted by Crippen LogP contribution is 2.52. The molecule has 4 rings (SSSR count). The highest BCUT2D eigenvalue weighted by atomic mass is 16.2. The third-order valence-electron chi connectivity index (χ3n) is 5.19. The zero-order valence-corrected chi connectivity index (χ0v) is 12.6. The number of hydrogen-bond donors (Lipinski definition) is 1. The van der Waals surface area contributed by atoms with E-state index in [4.69, 9.17) is 0 Å². The first-order valence-electron chi connectivity index (χ1n) is 8.04. The lowest BCUT2D eigenvalue weighted by atomic mass is 9.85. The van der Waals surface area contributed by atoms with E-state index in [2.05, 4.69) is 5.43 Å². The van der Waals surface area contributed by atoms with Crippen molar-refractivity contribution in [2.45, 2.75) is 19.3 Å². The summed E-state index contributed by atoms with van der Waals surface area (Å²) >= 11 is 0. The summed E-state index contributed by atoms with van der Waals surface area (Å²) in [6.45, 7) is 0. The van der Waals surface area contributed by atoms with Gasteiger partial charge in [0.25, 0.3) is 11.8 Å². The lowest BCUT2D eigenvalue weighted by molar-refractivity contribution is -0.149. The summed E-state index contributed by atoms with van der Waals surface area (Å²) in [5.41, 5.74) is 3.57. The summed E-state index contributed by atoms with van der Waals surface area (Å²) in [5, 5.41) is 0.967. The van der Waals surface area contributed by atoms with E-state index in [-0.39, 0.29) is 47.8 Å². The summed E-state index contributed by atoms with van der Waals surface area (Å²) in [4.78, 5) is 37.0. The zero-order chi connectivity index (χ0) is 16.0. The molecular formula is C18H18N2O3. The van der Waals surface area contributed by atoms with Gasteiger partial charge in [0.1, 0.15) is 0 Å². The van der Waals surface area contributed by atoms with Crippen LogP contribution in [0, 0.1) is 23.7 Å². The molecule has 1 aliphatic heterocycles. The van der Waals surface area contributed by atoms with E-state index >= 15 is 0 Å². The number of carbonyl (C=O) groups excluding carboxylic acids is 3. The zero-order valence-electron chi connectivity index (χ0n) is 12.6. The molecule has 1 saturated carbocycles. The SMILES string of the molecule is O=C(CCc1ccccc1)NN1C(=O)[C@@H]2[C@H](C1=O)[C@@H]1C=C[C@@H]2C1. The Labute approximate surface area is 134 Å². The van der Waals surface area contributed by atoms with Crippen LogP contribution in [-0.4, -0.2) is 22.7 Å². The fraction of sp³-hybridized carbons (Fsp3) is 0.389. The van der Waals surface area contributed by atoms with E-state index in [0.29, 0.717) is 6.42 Å². The number of amides is 3. The van der Waals surface area contributed by atoms with Gasteiger partial charge in [0.2, 0.25) is 5.91 Å². The topological polar surface area (TPSA) is 66.5 Å². The average molecular weight is 310 g/mol. The molecule has 1 saturated heterocycles. The van der Waals surface area contributed by atoms with Crippen LogP contribution in [0.25, 0.3) is 0 Å². The van der Waals surface area contributed by atoms with Crippen LogP contribution in [0.5, 0.6) is 0 Å². The number of imide groups is 1. The first-order valence-corrected chi connectivity index (χ1v) is 8.04. The molecule has 0 aromatic heterocycles. The molecule has 118 valence electrons. The molecule has 3 aliphatic rings. The van der Waals surface area contributed by atoms with Crippen molar-refractivity contribution in [1.29, 1.82) is 0 Å². The van der Waals surface area contributed by atoms with Crippen LogP contribution < -0.4 is 5.43 Å². The number of hydrogen-bond acceptors (Lipinski definition) is 3. The van der Waals surface area contributed by atoms with Crippen LogP contribution in [0.3, 0.4) is 0 Å². The van der Waals surface area contributed by atoms with Crippen molar-refractivity contribution in [3.63, 3.8) is 0 Å². The lowest BCUT2D eigenvalue weighted by Gasteiger charge is -2.17. The van der Waals surface area contributed by atoms with Crippen LogP contribution in [0.2, 0.25) is 0 Å². The molecule has 3 amide bonds. The van der Waals surface area contributed by atoms with Gasteiger partial charge >= 0.3 is 0 Å². The van der Waals surface area contributed by atoms with Crippen LogP contribution in [0.1, 0.15) is 18.4 Å². The van der Waals surface area contributed by atoms with Crippen molar-refractivity contribution in [2.75, 3.05) is 0 Å². The number of carbonyl (C=O) groups is 3. The minimum absolute atomic E-state index is 0.160. The summed E-state index contributed by atoms with van der Waals surface area (Å²) in [7, 11) is 0. The average Bonchev–Trinajstić information content (AvgIpc) is 3.24. The van der Waals surface area contributed by atoms with Gasteiger partial charge in [-0.25, -0.2) is 0 Å². The van der Waals surface area contributed by atoms with Crippen molar-refractivity contribution in [1.82, 2.24) is 10.4 Å². The molecule has 2 fully saturated rings. The summed E-state index contributed by atoms with van der Waals surface area (Å²) < 4.78 is 0. The second-order valence-electron chi connectivity index (χ2n) is 6.53. The normalized spacial score (nSPS) is 30.9. The van der Waals surface area contributed by atoms with Gasteiger partial charge in [0.15, 0.2) is 0 Å². The fourth-order valence-corrected chi connectivity index (χ4v) is 4.10. The molecule has 2 aliphatic carbocycles. The largest absolute Gasteiger partial charge is 0.273 e. The third-order valence-corrected chi connectivity index (χ3v) is 5.19. The Hall–Kier alpha value is -2.43. The predicted molar refractivity (Wildman–Crippen MR) is 82.5 cm³/mol. The highest BCUT2D eigenvalue weighted by molar-refractivity contribution is 6.07. The van der Waals surface area contributed by atoms with E-state index in [1.165, 1.54) is 0 Å².